The molecule has 16 heavy (non-hydrogen) atoms. The van der Waals surface area contributed by atoms with E-state index in [2.05, 4.69) is 4.74 Å². The highest BCUT2D eigenvalue weighted by Crippen LogP contribution is 2.25. The van der Waals surface area contributed by atoms with Crippen LogP contribution in [0.25, 0.3) is 0 Å². The number of methoxy groups -OCH3 is 1. The van der Waals surface area contributed by atoms with Gasteiger partial charge in [0.25, 0.3) is 0 Å². The van der Waals surface area contributed by atoms with Crippen LogP contribution in [-0.4, -0.2) is 19.2 Å². The zero-order valence-electron chi connectivity index (χ0n) is 9.44. The van der Waals surface area contributed by atoms with Crippen LogP contribution >= 0.6 is 0 Å². The maximum atomic E-state index is 11.0. The van der Waals surface area contributed by atoms with Gasteiger partial charge < -0.3 is 9.47 Å². The van der Waals surface area contributed by atoms with E-state index in [4.69, 9.17) is 4.74 Å². The Bertz CT molecular complexity index is 352. The largest absolute Gasteiger partial charge is 0.490 e. The molecule has 0 atom stereocenters. The third kappa shape index (κ3) is 2.75. The summed E-state index contributed by atoms with van der Waals surface area (Å²) >= 11 is 0. The fourth-order valence-corrected chi connectivity index (χ4v) is 1.61. The van der Waals surface area contributed by atoms with E-state index in [9.17, 15) is 4.79 Å². The summed E-state index contributed by atoms with van der Waals surface area (Å²) in [5, 5.41) is 0. The van der Waals surface area contributed by atoms with Gasteiger partial charge in [0.2, 0.25) is 0 Å². The second kappa shape index (κ2) is 5.01. The summed E-state index contributed by atoms with van der Waals surface area (Å²) in [7, 11) is 1.40. The minimum Gasteiger partial charge on any atom is -0.490 e. The van der Waals surface area contributed by atoms with E-state index < -0.39 is 0 Å². The molecule has 0 aromatic heterocycles. The fraction of sp³-hybridized carbons (Fsp3) is 0.462. The summed E-state index contributed by atoms with van der Waals surface area (Å²) in [4.78, 5) is 11.0. The predicted octanol–water partition coefficient (Wildman–Crippen LogP) is 2.33. The first-order valence-electron chi connectivity index (χ1n) is 5.60. The van der Waals surface area contributed by atoms with Crippen molar-refractivity contribution in [2.24, 2.45) is 0 Å². The van der Waals surface area contributed by atoms with E-state index in [1.807, 2.05) is 24.3 Å². The molecule has 0 amide bonds. The van der Waals surface area contributed by atoms with Gasteiger partial charge in [0.15, 0.2) is 0 Å². The molecule has 1 aromatic carbocycles. The first kappa shape index (κ1) is 11.0. The lowest BCUT2D eigenvalue weighted by atomic mass is 9.96. The molecule has 0 saturated heterocycles. The van der Waals surface area contributed by atoms with Crippen molar-refractivity contribution in [2.75, 3.05) is 7.11 Å². The van der Waals surface area contributed by atoms with Crippen LogP contribution in [0.2, 0.25) is 0 Å². The zero-order chi connectivity index (χ0) is 11.4. The highest BCUT2D eigenvalue weighted by molar-refractivity contribution is 5.72. The van der Waals surface area contributed by atoms with Crippen molar-refractivity contribution < 1.29 is 14.3 Å². The highest BCUT2D eigenvalue weighted by atomic mass is 16.5. The van der Waals surface area contributed by atoms with Gasteiger partial charge >= 0.3 is 5.97 Å². The molecule has 0 spiro atoms. The van der Waals surface area contributed by atoms with E-state index in [1.165, 1.54) is 13.5 Å². The van der Waals surface area contributed by atoms with Gasteiger partial charge in [-0.15, -0.1) is 0 Å². The van der Waals surface area contributed by atoms with Gasteiger partial charge in [-0.25, -0.2) is 0 Å². The SMILES string of the molecule is COC(=O)Cc1ccc(OC2CCC2)cc1. The van der Waals surface area contributed by atoms with Crippen LogP contribution in [0.5, 0.6) is 5.75 Å². The number of rotatable bonds is 4. The van der Waals surface area contributed by atoms with E-state index >= 15 is 0 Å². The Hall–Kier alpha value is -1.51. The van der Waals surface area contributed by atoms with Crippen LogP contribution in [-0.2, 0) is 16.0 Å². The number of carbonyl (C=O) groups excluding carboxylic acids is 1. The van der Waals surface area contributed by atoms with Gasteiger partial charge in [-0.3, -0.25) is 4.79 Å². The van der Waals surface area contributed by atoms with Crippen LogP contribution in [0.15, 0.2) is 24.3 Å². The lowest BCUT2D eigenvalue weighted by Crippen LogP contribution is -2.24. The Balaban J connectivity index is 1.90. The van der Waals surface area contributed by atoms with Crippen molar-refractivity contribution in [2.45, 2.75) is 31.8 Å². The van der Waals surface area contributed by atoms with Crippen molar-refractivity contribution >= 4 is 5.97 Å². The summed E-state index contributed by atoms with van der Waals surface area (Å²) in [5.74, 6) is 0.672. The first-order valence-corrected chi connectivity index (χ1v) is 5.60. The molecule has 2 rings (SSSR count). The topological polar surface area (TPSA) is 35.5 Å². The maximum Gasteiger partial charge on any atom is 0.309 e. The zero-order valence-corrected chi connectivity index (χ0v) is 9.44. The van der Waals surface area contributed by atoms with Crippen molar-refractivity contribution in [3.05, 3.63) is 29.8 Å². The van der Waals surface area contributed by atoms with Gasteiger partial charge in [0.05, 0.1) is 19.6 Å². The number of hydrogen-bond acceptors (Lipinski definition) is 3. The summed E-state index contributed by atoms with van der Waals surface area (Å²) in [5.41, 5.74) is 0.952. The van der Waals surface area contributed by atoms with Gasteiger partial charge in [0.1, 0.15) is 5.75 Å². The van der Waals surface area contributed by atoms with E-state index in [-0.39, 0.29) is 5.97 Å². The Kier molecular flexibility index (Phi) is 3.44. The molecule has 0 unspecified atom stereocenters. The number of esters is 1. The smallest absolute Gasteiger partial charge is 0.309 e. The molecule has 0 aliphatic heterocycles. The highest BCUT2D eigenvalue weighted by Gasteiger charge is 2.18. The average Bonchev–Trinajstić information content (AvgIpc) is 2.25. The van der Waals surface area contributed by atoms with E-state index in [0.717, 1.165) is 24.2 Å². The van der Waals surface area contributed by atoms with Crippen LogP contribution in [0.3, 0.4) is 0 Å². The minimum atomic E-state index is -0.215. The normalized spacial score (nSPS) is 15.3. The van der Waals surface area contributed by atoms with Gasteiger partial charge in [-0.1, -0.05) is 12.1 Å². The number of hydrogen-bond donors (Lipinski definition) is 0. The molecule has 0 radical (unpaired) electrons. The number of ether oxygens (including phenoxy) is 2. The summed E-state index contributed by atoms with van der Waals surface area (Å²) in [6, 6.07) is 7.64. The standard InChI is InChI=1S/C13H16O3/c1-15-13(14)9-10-5-7-12(8-6-10)16-11-3-2-4-11/h5-8,11H,2-4,9H2,1H3. The lowest BCUT2D eigenvalue weighted by Gasteiger charge is -2.26. The van der Waals surface area contributed by atoms with Crippen LogP contribution in [0, 0.1) is 0 Å². The molecule has 1 aromatic rings. The maximum absolute atomic E-state index is 11.0. The van der Waals surface area contributed by atoms with Crippen LogP contribution in [0.1, 0.15) is 24.8 Å². The summed E-state index contributed by atoms with van der Waals surface area (Å²) in [6.07, 6.45) is 4.30. The molecule has 3 heteroatoms. The molecule has 3 nitrogen and oxygen atoms in total. The van der Waals surface area contributed by atoms with Gasteiger partial charge in [0, 0.05) is 0 Å². The summed E-state index contributed by atoms with van der Waals surface area (Å²) < 4.78 is 10.3. The van der Waals surface area contributed by atoms with Crippen LogP contribution < -0.4 is 4.74 Å². The van der Waals surface area contributed by atoms with E-state index in [0.29, 0.717) is 12.5 Å². The van der Waals surface area contributed by atoms with Crippen molar-refractivity contribution in [3.8, 4) is 5.75 Å². The van der Waals surface area contributed by atoms with Gasteiger partial charge in [-0.2, -0.15) is 0 Å². The molecule has 1 fully saturated rings. The number of benzene rings is 1. The Labute approximate surface area is 95.4 Å². The van der Waals surface area contributed by atoms with Crippen molar-refractivity contribution in [1.29, 1.82) is 0 Å². The quantitative estimate of drug-likeness (QED) is 0.730. The minimum absolute atomic E-state index is 0.215. The average molecular weight is 220 g/mol. The Morgan fingerprint density at radius 2 is 2.00 bits per heavy atom. The molecule has 1 aliphatic rings. The van der Waals surface area contributed by atoms with Crippen LogP contribution in [0.4, 0.5) is 0 Å². The van der Waals surface area contributed by atoms with Crippen molar-refractivity contribution in [3.63, 3.8) is 0 Å². The molecular weight excluding hydrogens is 204 g/mol. The van der Waals surface area contributed by atoms with Crippen molar-refractivity contribution in [1.82, 2.24) is 0 Å². The molecule has 0 heterocycles. The Morgan fingerprint density at radius 3 is 2.50 bits per heavy atom. The fourth-order valence-electron chi connectivity index (χ4n) is 1.61. The predicted molar refractivity (Wildman–Crippen MR) is 60.4 cm³/mol. The third-order valence-corrected chi connectivity index (χ3v) is 2.85. The molecular formula is C13H16O3. The second-order valence-electron chi connectivity index (χ2n) is 4.07. The van der Waals surface area contributed by atoms with Gasteiger partial charge in [-0.05, 0) is 37.0 Å². The second-order valence-corrected chi connectivity index (χ2v) is 4.07. The first-order chi connectivity index (χ1) is 7.78. The Morgan fingerprint density at radius 1 is 1.31 bits per heavy atom. The number of carbonyl (C=O) groups is 1. The van der Waals surface area contributed by atoms with E-state index in [1.54, 1.807) is 0 Å². The lowest BCUT2D eigenvalue weighted by molar-refractivity contribution is -0.139. The third-order valence-electron chi connectivity index (χ3n) is 2.85. The molecule has 1 saturated carbocycles. The molecule has 0 bridgehead atoms. The molecule has 1 aliphatic carbocycles. The summed E-state index contributed by atoms with van der Waals surface area (Å²) in [6.45, 7) is 0. The molecule has 0 N–H and O–H groups in total. The molecule has 86 valence electrons. The monoisotopic (exact) mass is 220 g/mol.